The van der Waals surface area contributed by atoms with Gasteiger partial charge in [-0.3, -0.25) is 20.2 Å². The highest BCUT2D eigenvalue weighted by molar-refractivity contribution is 5.44. The molecule has 0 aromatic heterocycles. The third-order valence-corrected chi connectivity index (χ3v) is 2.48. The average Bonchev–Trinajstić information content (AvgIpc) is 2.47. The topological polar surface area (TPSA) is 116 Å². The van der Waals surface area contributed by atoms with E-state index >= 15 is 0 Å². The Hall–Kier alpha value is -3.30. The van der Waals surface area contributed by atoms with Gasteiger partial charge >= 0.3 is 5.69 Å². The first-order chi connectivity index (χ1) is 10.8. The quantitative estimate of drug-likeness (QED) is 0.683. The molecule has 1 N–H and O–H groups in total. The summed E-state index contributed by atoms with van der Waals surface area (Å²) in [6.07, 6.45) is 0. The normalized spacial score (nSPS) is 9.52. The van der Waals surface area contributed by atoms with Crippen molar-refractivity contribution in [3.8, 4) is 11.5 Å². The summed E-state index contributed by atoms with van der Waals surface area (Å²) < 4.78 is 29.5. The highest BCUT2D eigenvalue weighted by Gasteiger charge is 2.12. The number of hydrogen-bond donors (Lipinski definition) is 1. The highest BCUT2D eigenvalue weighted by atomic mass is 19.1. The number of methoxy groups -OCH3 is 1. The first-order valence-corrected chi connectivity index (χ1v) is 5.87. The maximum Gasteiger partial charge on any atom is 0.310 e. The Kier molecular flexibility index (Phi) is 5.89. The summed E-state index contributed by atoms with van der Waals surface area (Å²) in [5, 5.41) is 29.0. The number of nitro benzene ring substituents is 2. The van der Waals surface area contributed by atoms with Crippen LogP contribution in [-0.2, 0) is 0 Å². The second-order valence-corrected chi connectivity index (χ2v) is 3.97. The van der Waals surface area contributed by atoms with Crippen molar-refractivity contribution in [3.05, 3.63) is 68.3 Å². The van der Waals surface area contributed by atoms with Crippen LogP contribution in [0.15, 0.2) is 36.4 Å². The smallest absolute Gasteiger partial charge is 0.310 e. The lowest BCUT2D eigenvalue weighted by atomic mass is 10.3. The van der Waals surface area contributed by atoms with Crippen molar-refractivity contribution in [2.45, 2.75) is 0 Å². The minimum absolute atomic E-state index is 0.121. The van der Waals surface area contributed by atoms with E-state index in [9.17, 15) is 29.0 Å². The van der Waals surface area contributed by atoms with Gasteiger partial charge in [-0.05, 0) is 12.1 Å². The zero-order chi connectivity index (χ0) is 17.6. The van der Waals surface area contributed by atoms with Gasteiger partial charge in [0.05, 0.1) is 23.0 Å². The molecule has 0 saturated heterocycles. The van der Waals surface area contributed by atoms with Crippen LogP contribution in [0.4, 0.5) is 20.2 Å². The molecule has 23 heavy (non-hydrogen) atoms. The molecular formula is C13H10F2N2O6. The number of phenols is 1. The predicted molar refractivity (Wildman–Crippen MR) is 74.3 cm³/mol. The summed E-state index contributed by atoms with van der Waals surface area (Å²) in [7, 11) is 1.25. The minimum atomic E-state index is -0.783. The van der Waals surface area contributed by atoms with Crippen LogP contribution in [0.2, 0.25) is 0 Å². The summed E-state index contributed by atoms with van der Waals surface area (Å²) in [6.45, 7) is 0. The van der Waals surface area contributed by atoms with Gasteiger partial charge in [0.25, 0.3) is 5.69 Å². The number of ether oxygens (including phenoxy) is 1. The monoisotopic (exact) mass is 328 g/mol. The highest BCUT2D eigenvalue weighted by Crippen LogP contribution is 2.25. The Morgan fingerprint density at radius 3 is 2.17 bits per heavy atom. The Labute approximate surface area is 127 Å². The largest absolute Gasteiger partial charge is 0.502 e. The van der Waals surface area contributed by atoms with Crippen LogP contribution in [0.5, 0.6) is 11.5 Å². The maximum absolute atomic E-state index is 12.7. The first kappa shape index (κ1) is 17.8. The van der Waals surface area contributed by atoms with Gasteiger partial charge in [0.1, 0.15) is 5.82 Å². The van der Waals surface area contributed by atoms with Gasteiger partial charge in [0, 0.05) is 18.2 Å². The van der Waals surface area contributed by atoms with E-state index in [-0.39, 0.29) is 11.4 Å². The molecule has 0 atom stereocenters. The fraction of sp³-hybridized carbons (Fsp3) is 0.0769. The average molecular weight is 328 g/mol. The lowest BCUT2D eigenvalue weighted by Gasteiger charge is -1.99. The molecule has 2 rings (SSSR count). The van der Waals surface area contributed by atoms with Crippen molar-refractivity contribution < 1.29 is 28.5 Å². The third-order valence-electron chi connectivity index (χ3n) is 2.48. The second kappa shape index (κ2) is 7.64. The first-order valence-electron chi connectivity index (χ1n) is 5.87. The van der Waals surface area contributed by atoms with E-state index in [0.29, 0.717) is 6.07 Å². The number of non-ortho nitro benzene ring substituents is 1. The molecule has 0 saturated carbocycles. The van der Waals surface area contributed by atoms with Crippen LogP contribution < -0.4 is 4.74 Å². The van der Waals surface area contributed by atoms with Crippen molar-refractivity contribution >= 4 is 11.4 Å². The van der Waals surface area contributed by atoms with Crippen molar-refractivity contribution in [2.75, 3.05) is 7.11 Å². The molecule has 0 spiro atoms. The summed E-state index contributed by atoms with van der Waals surface area (Å²) in [5.74, 6) is -2.09. The molecule has 0 fully saturated rings. The van der Waals surface area contributed by atoms with Gasteiger partial charge in [0.15, 0.2) is 17.3 Å². The second-order valence-electron chi connectivity index (χ2n) is 3.97. The Balaban J connectivity index is 0.000000231. The molecule has 0 radical (unpaired) electrons. The Morgan fingerprint density at radius 1 is 1.04 bits per heavy atom. The Morgan fingerprint density at radius 2 is 1.70 bits per heavy atom. The maximum atomic E-state index is 12.7. The van der Waals surface area contributed by atoms with Crippen LogP contribution in [0, 0.1) is 31.9 Å². The van der Waals surface area contributed by atoms with Gasteiger partial charge in [-0.15, -0.1) is 0 Å². The van der Waals surface area contributed by atoms with Crippen LogP contribution >= 0.6 is 0 Å². The van der Waals surface area contributed by atoms with Crippen LogP contribution in [-0.4, -0.2) is 22.1 Å². The molecule has 2 aromatic carbocycles. The van der Waals surface area contributed by atoms with Gasteiger partial charge < -0.3 is 9.84 Å². The van der Waals surface area contributed by atoms with Crippen LogP contribution in [0.1, 0.15) is 0 Å². The molecule has 0 aliphatic rings. The number of benzene rings is 2. The molecule has 122 valence electrons. The number of nitrogens with zero attached hydrogens (tertiary/aromatic N) is 2. The molecule has 0 aliphatic carbocycles. The molecule has 10 heteroatoms. The predicted octanol–water partition coefficient (Wildman–Crippen LogP) is 3.18. The minimum Gasteiger partial charge on any atom is -0.502 e. The molecule has 0 bridgehead atoms. The van der Waals surface area contributed by atoms with Gasteiger partial charge in [-0.1, -0.05) is 0 Å². The van der Waals surface area contributed by atoms with Crippen molar-refractivity contribution in [1.29, 1.82) is 0 Å². The molecular weight excluding hydrogens is 318 g/mol. The van der Waals surface area contributed by atoms with Gasteiger partial charge in [0.2, 0.25) is 0 Å². The van der Waals surface area contributed by atoms with E-state index in [2.05, 4.69) is 4.74 Å². The molecule has 2 aromatic rings. The van der Waals surface area contributed by atoms with Crippen LogP contribution in [0.3, 0.4) is 0 Å². The fourth-order valence-corrected chi connectivity index (χ4v) is 1.41. The molecule has 0 aliphatic heterocycles. The van der Waals surface area contributed by atoms with E-state index in [4.69, 9.17) is 5.11 Å². The van der Waals surface area contributed by atoms with Gasteiger partial charge in [-0.2, -0.15) is 0 Å². The Bertz CT molecular complexity index is 738. The van der Waals surface area contributed by atoms with E-state index in [0.717, 1.165) is 30.3 Å². The SMILES string of the molecule is COc1cc([N+](=O)[O-])ccc1F.O=[N+]([O-])c1ccc(F)cc1O. The molecule has 8 nitrogen and oxygen atoms in total. The van der Waals surface area contributed by atoms with E-state index in [1.54, 1.807) is 0 Å². The number of nitro groups is 2. The lowest BCUT2D eigenvalue weighted by molar-refractivity contribution is -0.385. The van der Waals surface area contributed by atoms with Crippen molar-refractivity contribution in [1.82, 2.24) is 0 Å². The summed E-state index contributed by atoms with van der Waals surface area (Å²) in [4.78, 5) is 18.9. The van der Waals surface area contributed by atoms with Gasteiger partial charge in [-0.25, -0.2) is 8.78 Å². The van der Waals surface area contributed by atoms with E-state index < -0.39 is 32.9 Å². The number of rotatable bonds is 3. The summed E-state index contributed by atoms with van der Waals surface area (Å²) >= 11 is 0. The molecule has 0 heterocycles. The standard InChI is InChI=1S/C7H6FNO3.C6H4FNO3/c1-12-7-4-5(9(10)11)2-3-6(7)8;7-4-1-2-5(8(10)11)6(9)3-4/h2-4H,1H3;1-3,9H. The fourth-order valence-electron chi connectivity index (χ4n) is 1.41. The summed E-state index contributed by atoms with van der Waals surface area (Å²) in [6, 6.07) is 5.63. The lowest BCUT2D eigenvalue weighted by Crippen LogP contribution is -1.92. The number of halogens is 2. The number of aromatic hydroxyl groups is 1. The van der Waals surface area contributed by atoms with E-state index in [1.807, 2.05) is 0 Å². The van der Waals surface area contributed by atoms with Crippen LogP contribution in [0.25, 0.3) is 0 Å². The molecule has 0 unspecified atom stereocenters. The zero-order valence-corrected chi connectivity index (χ0v) is 11.6. The van der Waals surface area contributed by atoms with Crippen molar-refractivity contribution in [3.63, 3.8) is 0 Å². The van der Waals surface area contributed by atoms with Crippen molar-refractivity contribution in [2.24, 2.45) is 0 Å². The number of phenolic OH excluding ortho intramolecular Hbond substituents is 1. The zero-order valence-electron chi connectivity index (χ0n) is 11.6. The third kappa shape index (κ3) is 4.88. The number of hydrogen-bond acceptors (Lipinski definition) is 6. The summed E-state index contributed by atoms with van der Waals surface area (Å²) in [5.41, 5.74) is -0.681. The van der Waals surface area contributed by atoms with E-state index in [1.165, 1.54) is 7.11 Å². The molecule has 0 amide bonds.